The molecule has 1 saturated heterocycles. The Balaban J connectivity index is 1.92. The summed E-state index contributed by atoms with van der Waals surface area (Å²) in [6.45, 7) is 0.851. The van der Waals surface area contributed by atoms with Gasteiger partial charge in [-0.15, -0.1) is 0 Å². The first-order valence-electron chi connectivity index (χ1n) is 7.10. The second-order valence-corrected chi connectivity index (χ2v) is 5.63. The highest BCUT2D eigenvalue weighted by molar-refractivity contribution is 5.77. The number of nitrogens with zero attached hydrogens (tertiary/aromatic N) is 2. The minimum atomic E-state index is -0.0437. The number of nitrogens with two attached hydrogens (primary N) is 1. The van der Waals surface area contributed by atoms with Gasteiger partial charge in [0.1, 0.15) is 0 Å². The molecule has 2 aromatic rings. The fourth-order valence-corrected chi connectivity index (χ4v) is 3.00. The van der Waals surface area contributed by atoms with E-state index >= 15 is 0 Å². The topological polar surface area (TPSA) is 62.2 Å². The Labute approximate surface area is 117 Å². The fourth-order valence-electron chi connectivity index (χ4n) is 3.00. The second-order valence-electron chi connectivity index (χ2n) is 5.63. The smallest absolute Gasteiger partial charge is 0.328 e. The summed E-state index contributed by atoms with van der Waals surface area (Å²) in [4.78, 5) is 11.9. The first-order valence-corrected chi connectivity index (χ1v) is 7.10. The predicted octanol–water partition coefficient (Wildman–Crippen LogP) is 1.45. The maximum Gasteiger partial charge on any atom is 0.328 e. The Morgan fingerprint density at radius 2 is 2.10 bits per heavy atom. The van der Waals surface area contributed by atoms with Crippen molar-refractivity contribution >= 4 is 11.0 Å². The molecule has 0 spiro atoms. The molecule has 20 heavy (non-hydrogen) atoms. The van der Waals surface area contributed by atoms with Crippen molar-refractivity contribution in [1.82, 2.24) is 9.13 Å². The molecule has 0 aliphatic carbocycles. The minimum Gasteiger partial charge on any atom is -0.378 e. The van der Waals surface area contributed by atoms with Crippen molar-refractivity contribution in [2.75, 3.05) is 6.61 Å². The van der Waals surface area contributed by atoms with E-state index in [4.69, 9.17) is 10.5 Å². The van der Waals surface area contributed by atoms with Crippen LogP contribution in [0.2, 0.25) is 0 Å². The molecule has 2 atom stereocenters. The average Bonchev–Trinajstić information content (AvgIpc) is 3.03. The van der Waals surface area contributed by atoms with Crippen LogP contribution in [0.15, 0.2) is 23.0 Å². The summed E-state index contributed by atoms with van der Waals surface area (Å²) >= 11 is 0. The third kappa shape index (κ3) is 2.17. The highest BCUT2D eigenvalue weighted by atomic mass is 16.5. The summed E-state index contributed by atoms with van der Waals surface area (Å²) in [6.07, 6.45) is 3.34. The molecule has 1 aliphatic rings. The molecule has 5 heteroatoms. The monoisotopic (exact) mass is 275 g/mol. The van der Waals surface area contributed by atoms with E-state index in [1.165, 1.54) is 0 Å². The lowest BCUT2D eigenvalue weighted by Crippen LogP contribution is -2.19. The van der Waals surface area contributed by atoms with Gasteiger partial charge in [-0.05, 0) is 37.0 Å². The first kappa shape index (κ1) is 13.4. The van der Waals surface area contributed by atoms with Gasteiger partial charge < -0.3 is 10.5 Å². The highest BCUT2D eigenvalue weighted by Crippen LogP contribution is 2.25. The highest BCUT2D eigenvalue weighted by Gasteiger charge is 2.20. The van der Waals surface area contributed by atoms with E-state index in [2.05, 4.69) is 0 Å². The summed E-state index contributed by atoms with van der Waals surface area (Å²) in [5.41, 5.74) is 9.21. The molecule has 2 unspecified atom stereocenters. The molecule has 0 radical (unpaired) electrons. The Kier molecular flexibility index (Phi) is 3.40. The Morgan fingerprint density at radius 1 is 1.35 bits per heavy atom. The van der Waals surface area contributed by atoms with E-state index in [0.29, 0.717) is 0 Å². The Morgan fingerprint density at radius 3 is 2.80 bits per heavy atom. The number of imidazole rings is 1. The van der Waals surface area contributed by atoms with Gasteiger partial charge in [0.05, 0.1) is 17.1 Å². The zero-order chi connectivity index (χ0) is 14.3. The molecule has 5 nitrogen and oxygen atoms in total. The Hall–Kier alpha value is -1.59. The predicted molar refractivity (Wildman–Crippen MR) is 78.7 cm³/mol. The van der Waals surface area contributed by atoms with Gasteiger partial charge in [0.15, 0.2) is 0 Å². The minimum absolute atomic E-state index is 0.00940. The summed E-state index contributed by atoms with van der Waals surface area (Å²) in [5, 5.41) is 0. The summed E-state index contributed by atoms with van der Waals surface area (Å²) < 4.78 is 8.96. The second kappa shape index (κ2) is 5.07. The zero-order valence-electron chi connectivity index (χ0n) is 12.0. The van der Waals surface area contributed by atoms with Gasteiger partial charge >= 0.3 is 5.69 Å². The van der Waals surface area contributed by atoms with Crippen molar-refractivity contribution in [3.8, 4) is 0 Å². The summed E-state index contributed by atoms with van der Waals surface area (Å²) in [7, 11) is 3.58. The van der Waals surface area contributed by atoms with E-state index in [-0.39, 0.29) is 17.8 Å². The standard InChI is InChI=1S/C15H21N3O2/c1-17-13-6-5-10(8-14(13)18(2)15(17)19)12(16)9-11-4-3-7-20-11/h5-6,8,11-12H,3-4,7,9,16H2,1-2H3. The normalized spacial score (nSPS) is 20.6. The van der Waals surface area contributed by atoms with Gasteiger partial charge in [-0.1, -0.05) is 6.07 Å². The molecule has 0 amide bonds. The Bertz CT molecular complexity index is 680. The quantitative estimate of drug-likeness (QED) is 0.922. The SMILES string of the molecule is Cn1c(=O)n(C)c2cc(C(N)CC3CCCO3)ccc21. The van der Waals surface area contributed by atoms with E-state index in [1.54, 1.807) is 23.2 Å². The molecule has 1 aromatic heterocycles. The molecule has 0 saturated carbocycles. The zero-order valence-corrected chi connectivity index (χ0v) is 12.0. The van der Waals surface area contributed by atoms with Crippen molar-refractivity contribution in [3.05, 3.63) is 34.2 Å². The number of benzene rings is 1. The number of rotatable bonds is 3. The van der Waals surface area contributed by atoms with Gasteiger partial charge in [-0.25, -0.2) is 4.79 Å². The van der Waals surface area contributed by atoms with Crippen LogP contribution in [0.4, 0.5) is 0 Å². The molecular formula is C15H21N3O2. The number of fused-ring (bicyclic) bond motifs is 1. The van der Waals surface area contributed by atoms with Crippen LogP contribution in [0.1, 0.15) is 30.9 Å². The molecule has 1 fully saturated rings. The average molecular weight is 275 g/mol. The fraction of sp³-hybridized carbons (Fsp3) is 0.533. The van der Waals surface area contributed by atoms with Crippen LogP contribution < -0.4 is 11.4 Å². The lowest BCUT2D eigenvalue weighted by molar-refractivity contribution is 0.0983. The van der Waals surface area contributed by atoms with Crippen LogP contribution in [0.5, 0.6) is 0 Å². The summed E-state index contributed by atoms with van der Waals surface area (Å²) in [6, 6.07) is 5.97. The van der Waals surface area contributed by atoms with Crippen molar-refractivity contribution < 1.29 is 4.74 Å². The maximum absolute atomic E-state index is 11.9. The third-order valence-electron chi connectivity index (χ3n) is 4.27. The molecule has 2 N–H and O–H groups in total. The molecule has 3 rings (SSSR count). The number of aryl methyl sites for hydroxylation is 2. The van der Waals surface area contributed by atoms with Crippen molar-refractivity contribution in [1.29, 1.82) is 0 Å². The van der Waals surface area contributed by atoms with Gasteiger partial charge in [0.2, 0.25) is 0 Å². The maximum atomic E-state index is 11.9. The van der Waals surface area contributed by atoms with Crippen LogP contribution in [0, 0.1) is 0 Å². The van der Waals surface area contributed by atoms with Crippen LogP contribution in [0.25, 0.3) is 11.0 Å². The van der Waals surface area contributed by atoms with E-state index in [0.717, 1.165) is 42.5 Å². The van der Waals surface area contributed by atoms with Crippen LogP contribution in [-0.2, 0) is 18.8 Å². The van der Waals surface area contributed by atoms with Gasteiger partial charge in [0, 0.05) is 26.7 Å². The largest absolute Gasteiger partial charge is 0.378 e. The van der Waals surface area contributed by atoms with Gasteiger partial charge in [0.25, 0.3) is 0 Å². The molecular weight excluding hydrogens is 254 g/mol. The van der Waals surface area contributed by atoms with Crippen molar-refractivity contribution in [2.45, 2.75) is 31.4 Å². The van der Waals surface area contributed by atoms with Crippen LogP contribution in [0.3, 0.4) is 0 Å². The van der Waals surface area contributed by atoms with Gasteiger partial charge in [-0.2, -0.15) is 0 Å². The molecule has 0 bridgehead atoms. The third-order valence-corrected chi connectivity index (χ3v) is 4.27. The van der Waals surface area contributed by atoms with E-state index in [9.17, 15) is 4.79 Å². The molecule has 1 aromatic carbocycles. The first-order chi connectivity index (χ1) is 9.58. The molecule has 1 aliphatic heterocycles. The number of hydrogen-bond donors (Lipinski definition) is 1. The number of hydrogen-bond acceptors (Lipinski definition) is 3. The van der Waals surface area contributed by atoms with Crippen LogP contribution >= 0.6 is 0 Å². The van der Waals surface area contributed by atoms with Crippen LogP contribution in [-0.4, -0.2) is 21.8 Å². The molecule has 108 valence electrons. The number of ether oxygens (including phenoxy) is 1. The van der Waals surface area contributed by atoms with E-state index < -0.39 is 0 Å². The van der Waals surface area contributed by atoms with Crippen molar-refractivity contribution in [2.24, 2.45) is 19.8 Å². The lowest BCUT2D eigenvalue weighted by Gasteiger charge is -2.16. The van der Waals surface area contributed by atoms with E-state index in [1.807, 2.05) is 18.2 Å². The lowest BCUT2D eigenvalue weighted by atomic mass is 10.00. The van der Waals surface area contributed by atoms with Gasteiger partial charge in [-0.3, -0.25) is 9.13 Å². The number of aromatic nitrogens is 2. The molecule has 2 heterocycles. The summed E-state index contributed by atoms with van der Waals surface area (Å²) in [5.74, 6) is 0. The van der Waals surface area contributed by atoms with Crippen molar-refractivity contribution in [3.63, 3.8) is 0 Å².